The molecule has 1 unspecified atom stereocenters. The van der Waals surface area contributed by atoms with Gasteiger partial charge in [-0.3, -0.25) is 4.99 Å². The summed E-state index contributed by atoms with van der Waals surface area (Å²) in [6.45, 7) is 6.68. The minimum atomic E-state index is 0.332. The minimum Gasteiger partial charge on any atom is -0.452 e. The zero-order valence-corrected chi connectivity index (χ0v) is 22.1. The largest absolute Gasteiger partial charge is 0.452 e. The second kappa shape index (κ2) is 13.0. The van der Waals surface area contributed by atoms with E-state index in [1.165, 1.54) is 50.9 Å². The predicted molar refractivity (Wildman–Crippen MR) is 155 cm³/mol. The highest BCUT2D eigenvalue weighted by molar-refractivity contribution is 6.15. The van der Waals surface area contributed by atoms with Crippen LogP contribution in [0.4, 0.5) is 5.82 Å². The summed E-state index contributed by atoms with van der Waals surface area (Å²) in [5, 5.41) is 2.48. The molecular weight excluding hydrogens is 446 g/mol. The second-order valence-electron chi connectivity index (χ2n) is 9.47. The lowest BCUT2D eigenvalue weighted by atomic mass is 9.80. The summed E-state index contributed by atoms with van der Waals surface area (Å²) in [7, 11) is 1.73. The van der Waals surface area contributed by atoms with Gasteiger partial charge in [-0.2, -0.15) is 0 Å². The van der Waals surface area contributed by atoms with Crippen molar-refractivity contribution in [3.63, 3.8) is 0 Å². The Hall–Kier alpha value is -3.54. The van der Waals surface area contributed by atoms with Gasteiger partial charge >= 0.3 is 0 Å². The molecule has 2 aromatic heterocycles. The van der Waals surface area contributed by atoms with Crippen molar-refractivity contribution in [2.75, 3.05) is 12.8 Å². The molecule has 0 aliphatic heterocycles. The molecular formula is C30H41N5O. The fraction of sp³-hybridized carbons (Fsp3) is 0.400. The highest BCUT2D eigenvalue weighted by Crippen LogP contribution is 2.33. The molecule has 4 rings (SSSR count). The first-order valence-electron chi connectivity index (χ1n) is 13.0. The molecule has 6 N–H and O–H groups in total. The molecule has 0 radical (unpaired) electrons. The molecule has 1 aliphatic rings. The summed E-state index contributed by atoms with van der Waals surface area (Å²) in [5.74, 6) is 3.03. The summed E-state index contributed by atoms with van der Waals surface area (Å²) in [5.41, 5.74) is 20.8. The summed E-state index contributed by atoms with van der Waals surface area (Å²) in [6, 6.07) is 7.66. The minimum absolute atomic E-state index is 0.332. The van der Waals surface area contributed by atoms with E-state index in [-0.39, 0.29) is 0 Å². The van der Waals surface area contributed by atoms with Gasteiger partial charge in [-0.05, 0) is 35.6 Å². The predicted octanol–water partition coefficient (Wildman–Crippen LogP) is 5.19. The van der Waals surface area contributed by atoms with Crippen molar-refractivity contribution < 1.29 is 4.42 Å². The van der Waals surface area contributed by atoms with Crippen LogP contribution < -0.4 is 27.6 Å². The zero-order valence-electron chi connectivity index (χ0n) is 22.1. The molecule has 36 heavy (non-hydrogen) atoms. The quantitative estimate of drug-likeness (QED) is 0.428. The summed E-state index contributed by atoms with van der Waals surface area (Å²) >= 11 is 0. The number of aromatic nitrogens is 1. The second-order valence-corrected chi connectivity index (χ2v) is 9.47. The number of pyridine rings is 1. The number of furan rings is 1. The van der Waals surface area contributed by atoms with Crippen LogP contribution in [0.5, 0.6) is 0 Å². The van der Waals surface area contributed by atoms with Crippen LogP contribution in [-0.2, 0) is 0 Å². The van der Waals surface area contributed by atoms with E-state index in [4.69, 9.17) is 21.6 Å². The van der Waals surface area contributed by atoms with Gasteiger partial charge in [0.15, 0.2) is 11.4 Å². The van der Waals surface area contributed by atoms with Crippen LogP contribution in [0.3, 0.4) is 0 Å². The van der Waals surface area contributed by atoms with Crippen LogP contribution >= 0.6 is 0 Å². The highest BCUT2D eigenvalue weighted by Gasteiger charge is 2.18. The number of anilines is 1. The van der Waals surface area contributed by atoms with Gasteiger partial charge in [0.05, 0.1) is 0 Å². The number of hydrogen-bond donors (Lipinski definition) is 3. The lowest BCUT2D eigenvalue weighted by Crippen LogP contribution is -2.29. The van der Waals surface area contributed by atoms with Gasteiger partial charge in [0.25, 0.3) is 0 Å². The summed E-state index contributed by atoms with van der Waals surface area (Å²) < 4.78 is 6.05. The number of nitrogen functional groups attached to an aromatic ring is 1. The van der Waals surface area contributed by atoms with Crippen LogP contribution in [0.1, 0.15) is 64.9 Å². The standard InChI is InChI=1S/C20H21N5O.C10H20/c1-3-12(10-24-2)17-11-25-20(23)19-15(17)7-18(26-19)14-6-4-5-13(8-21)16(14)9-22;1-3-9(2)10-7-5-4-6-8-10/h3-11H,21-22H2,1-2H3,(H2,23,25);9-10H,3-8H2,1-2H3/b12-3+,13-8-,16-9+,24-10?;. The molecule has 0 saturated heterocycles. The van der Waals surface area contributed by atoms with Gasteiger partial charge in [-0.1, -0.05) is 76.6 Å². The maximum atomic E-state index is 6.05. The lowest BCUT2D eigenvalue weighted by Gasteiger charge is -2.26. The maximum absolute atomic E-state index is 6.05. The monoisotopic (exact) mass is 487 g/mol. The molecule has 1 atom stereocenters. The van der Waals surface area contributed by atoms with Crippen LogP contribution in [0.15, 0.2) is 45.9 Å². The van der Waals surface area contributed by atoms with Gasteiger partial charge in [-0.15, -0.1) is 0 Å². The van der Waals surface area contributed by atoms with Crippen LogP contribution in [0, 0.1) is 11.8 Å². The summed E-state index contributed by atoms with van der Waals surface area (Å²) in [6.07, 6.45) is 17.4. The Morgan fingerprint density at radius 2 is 1.94 bits per heavy atom. The molecule has 0 spiro atoms. The molecule has 6 heteroatoms. The van der Waals surface area contributed by atoms with Gasteiger partial charge in [0, 0.05) is 53.6 Å². The molecule has 1 aromatic carbocycles. The van der Waals surface area contributed by atoms with E-state index in [0.717, 1.165) is 44.4 Å². The molecule has 192 valence electrons. The molecule has 0 amide bonds. The number of rotatable bonds is 5. The molecule has 3 aromatic rings. The van der Waals surface area contributed by atoms with E-state index in [2.05, 4.69) is 23.8 Å². The average Bonchev–Trinajstić information content (AvgIpc) is 3.38. The SMILES string of the molecule is C/C=C(\C=NC)c1cnc(N)c2oc(-c3cccc(=C/N)/c3=C\N)cc12.CCC(C)C1CCCCC1. The lowest BCUT2D eigenvalue weighted by molar-refractivity contribution is 0.258. The molecule has 1 aliphatic carbocycles. The van der Waals surface area contributed by atoms with E-state index in [9.17, 15) is 0 Å². The third-order valence-corrected chi connectivity index (χ3v) is 7.33. The van der Waals surface area contributed by atoms with Gasteiger partial charge in [0.1, 0.15) is 5.76 Å². The fourth-order valence-electron chi connectivity index (χ4n) is 5.01. The molecule has 6 nitrogen and oxygen atoms in total. The van der Waals surface area contributed by atoms with Crippen LogP contribution in [-0.4, -0.2) is 18.2 Å². The van der Waals surface area contributed by atoms with E-state index < -0.39 is 0 Å². The van der Waals surface area contributed by atoms with Crippen molar-refractivity contribution in [1.29, 1.82) is 0 Å². The topological polar surface area (TPSA) is 116 Å². The number of nitrogens with two attached hydrogens (primary N) is 3. The Morgan fingerprint density at radius 1 is 1.19 bits per heavy atom. The Bertz CT molecular complexity index is 1330. The fourth-order valence-corrected chi connectivity index (χ4v) is 5.01. The third-order valence-electron chi connectivity index (χ3n) is 7.33. The first-order chi connectivity index (χ1) is 17.5. The normalized spacial score (nSPS) is 16.9. The van der Waals surface area contributed by atoms with Crippen LogP contribution in [0.2, 0.25) is 0 Å². The Morgan fingerprint density at radius 3 is 2.56 bits per heavy atom. The zero-order chi connectivity index (χ0) is 26.1. The van der Waals surface area contributed by atoms with Crippen molar-refractivity contribution >= 4 is 41.0 Å². The number of nitrogens with zero attached hydrogens (tertiary/aromatic N) is 2. The molecule has 1 saturated carbocycles. The summed E-state index contributed by atoms with van der Waals surface area (Å²) in [4.78, 5) is 8.37. The highest BCUT2D eigenvalue weighted by atomic mass is 16.3. The number of fused-ring (bicyclic) bond motifs is 1. The van der Waals surface area contributed by atoms with Crippen molar-refractivity contribution in [1.82, 2.24) is 4.98 Å². The average molecular weight is 488 g/mol. The van der Waals surface area contributed by atoms with Crippen molar-refractivity contribution in [2.24, 2.45) is 28.3 Å². The van der Waals surface area contributed by atoms with E-state index in [0.29, 0.717) is 17.2 Å². The first kappa shape index (κ1) is 27.1. The van der Waals surface area contributed by atoms with Gasteiger partial charge in [0.2, 0.25) is 0 Å². The number of allylic oxidation sites excluding steroid dienone is 2. The van der Waals surface area contributed by atoms with E-state index in [1.807, 2.05) is 37.3 Å². The van der Waals surface area contributed by atoms with Crippen LogP contribution in [0.25, 0.3) is 40.3 Å². The van der Waals surface area contributed by atoms with E-state index >= 15 is 0 Å². The number of aliphatic imine (C=N–C) groups is 1. The van der Waals surface area contributed by atoms with E-state index in [1.54, 1.807) is 19.5 Å². The number of hydrogen-bond acceptors (Lipinski definition) is 6. The number of benzene rings is 1. The molecule has 1 fully saturated rings. The first-order valence-corrected chi connectivity index (χ1v) is 13.0. The Labute approximate surface area is 214 Å². The van der Waals surface area contributed by atoms with Gasteiger partial charge in [-0.25, -0.2) is 4.98 Å². The van der Waals surface area contributed by atoms with Crippen molar-refractivity contribution in [3.05, 3.63) is 52.5 Å². The van der Waals surface area contributed by atoms with Crippen molar-refractivity contribution in [3.8, 4) is 11.3 Å². The maximum Gasteiger partial charge on any atom is 0.177 e. The smallest absolute Gasteiger partial charge is 0.177 e. The van der Waals surface area contributed by atoms with Crippen molar-refractivity contribution in [2.45, 2.75) is 59.3 Å². The molecule has 2 heterocycles. The Kier molecular flexibility index (Phi) is 9.74. The Balaban J connectivity index is 0.000000303. The molecule has 0 bridgehead atoms. The third kappa shape index (κ3) is 5.99. The van der Waals surface area contributed by atoms with Gasteiger partial charge < -0.3 is 21.6 Å².